The van der Waals surface area contributed by atoms with Crippen LogP contribution in [0.3, 0.4) is 0 Å². The van der Waals surface area contributed by atoms with Crippen LogP contribution in [-0.2, 0) is 0 Å². The Bertz CT molecular complexity index is 396. The van der Waals surface area contributed by atoms with E-state index < -0.39 is 6.10 Å². The van der Waals surface area contributed by atoms with Crippen molar-refractivity contribution in [2.75, 3.05) is 32.2 Å². The zero-order valence-electron chi connectivity index (χ0n) is 10.7. The van der Waals surface area contributed by atoms with Gasteiger partial charge in [0.1, 0.15) is 6.10 Å². The number of nitrogens with one attached hydrogen (secondary N) is 1. The lowest BCUT2D eigenvalue weighted by molar-refractivity contribution is 0.176. The summed E-state index contributed by atoms with van der Waals surface area (Å²) in [6.45, 7) is 0.516. The van der Waals surface area contributed by atoms with Gasteiger partial charge in [-0.2, -0.15) is 11.8 Å². The van der Waals surface area contributed by atoms with E-state index in [1.165, 1.54) is 0 Å². The zero-order chi connectivity index (χ0) is 13.0. The summed E-state index contributed by atoms with van der Waals surface area (Å²) in [5.74, 6) is 3.50. The molecule has 0 aromatic heterocycles. The number of aliphatic hydroxyl groups excluding tert-OH is 1. The van der Waals surface area contributed by atoms with Crippen LogP contribution >= 0.6 is 11.8 Å². The second-order valence-corrected chi connectivity index (χ2v) is 5.34. The number of aliphatic hydroxyl groups is 1. The largest absolute Gasteiger partial charge is 0.493 e. The molecule has 0 aliphatic carbocycles. The maximum atomic E-state index is 9.91. The molecule has 1 fully saturated rings. The van der Waals surface area contributed by atoms with E-state index in [4.69, 9.17) is 9.47 Å². The van der Waals surface area contributed by atoms with Gasteiger partial charge in [0.05, 0.1) is 13.2 Å². The van der Waals surface area contributed by atoms with Crippen LogP contribution in [-0.4, -0.2) is 43.4 Å². The van der Waals surface area contributed by atoms with Gasteiger partial charge in [0, 0.05) is 18.1 Å². The Morgan fingerprint density at radius 1 is 1.44 bits per heavy atom. The van der Waals surface area contributed by atoms with Crippen molar-refractivity contribution in [3.8, 4) is 11.5 Å². The molecule has 2 rings (SSSR count). The van der Waals surface area contributed by atoms with E-state index in [-0.39, 0.29) is 6.10 Å². The molecular formula is C13H19NO3S. The highest BCUT2D eigenvalue weighted by molar-refractivity contribution is 8.00. The maximum absolute atomic E-state index is 9.91. The number of likely N-dealkylation sites (N-methyl/N-ethyl adjacent to an activating group) is 1. The third-order valence-electron chi connectivity index (χ3n) is 2.87. The molecular weight excluding hydrogens is 250 g/mol. The summed E-state index contributed by atoms with van der Waals surface area (Å²) in [6.07, 6.45) is -0.241. The van der Waals surface area contributed by atoms with Crippen molar-refractivity contribution >= 4 is 11.8 Å². The van der Waals surface area contributed by atoms with E-state index in [2.05, 4.69) is 5.32 Å². The SMILES string of the molecule is CNCC(O)c1ccc(OC2CSC2)c(OC)c1. The molecule has 1 aromatic carbocycles. The number of ether oxygens (including phenoxy) is 2. The summed E-state index contributed by atoms with van der Waals surface area (Å²) in [6, 6.07) is 5.59. The van der Waals surface area contributed by atoms with Crippen LogP contribution in [0.25, 0.3) is 0 Å². The monoisotopic (exact) mass is 269 g/mol. The van der Waals surface area contributed by atoms with Crippen LogP contribution < -0.4 is 14.8 Å². The number of hydrogen-bond acceptors (Lipinski definition) is 5. The average molecular weight is 269 g/mol. The Kier molecular flexibility index (Phi) is 4.74. The first-order chi connectivity index (χ1) is 8.74. The lowest BCUT2D eigenvalue weighted by Gasteiger charge is -2.27. The molecule has 18 heavy (non-hydrogen) atoms. The van der Waals surface area contributed by atoms with Crippen LogP contribution in [0.4, 0.5) is 0 Å². The number of hydrogen-bond donors (Lipinski definition) is 2. The van der Waals surface area contributed by atoms with Gasteiger partial charge in [-0.25, -0.2) is 0 Å². The van der Waals surface area contributed by atoms with Gasteiger partial charge in [-0.3, -0.25) is 0 Å². The highest BCUT2D eigenvalue weighted by Gasteiger charge is 2.21. The Morgan fingerprint density at radius 3 is 2.78 bits per heavy atom. The smallest absolute Gasteiger partial charge is 0.161 e. The van der Waals surface area contributed by atoms with Gasteiger partial charge in [0.2, 0.25) is 0 Å². The van der Waals surface area contributed by atoms with Gasteiger partial charge in [-0.15, -0.1) is 0 Å². The number of thioether (sulfide) groups is 1. The van der Waals surface area contributed by atoms with Gasteiger partial charge < -0.3 is 19.9 Å². The van der Waals surface area contributed by atoms with Crippen LogP contribution in [0.1, 0.15) is 11.7 Å². The molecule has 100 valence electrons. The fourth-order valence-corrected chi connectivity index (χ4v) is 2.33. The predicted molar refractivity (Wildman–Crippen MR) is 73.6 cm³/mol. The molecule has 2 N–H and O–H groups in total. The Morgan fingerprint density at radius 2 is 2.22 bits per heavy atom. The van der Waals surface area contributed by atoms with E-state index in [0.717, 1.165) is 22.8 Å². The topological polar surface area (TPSA) is 50.7 Å². The van der Waals surface area contributed by atoms with Crippen molar-refractivity contribution in [3.05, 3.63) is 23.8 Å². The van der Waals surface area contributed by atoms with E-state index in [1.54, 1.807) is 7.11 Å². The first-order valence-corrected chi connectivity index (χ1v) is 7.15. The molecule has 1 saturated heterocycles. The number of methoxy groups -OCH3 is 1. The van der Waals surface area contributed by atoms with Crippen LogP contribution in [0.2, 0.25) is 0 Å². The fourth-order valence-electron chi connectivity index (χ4n) is 1.76. The summed E-state index contributed by atoms with van der Waals surface area (Å²) in [7, 11) is 3.43. The minimum absolute atomic E-state index is 0.289. The molecule has 1 atom stereocenters. The molecule has 1 heterocycles. The summed E-state index contributed by atoms with van der Waals surface area (Å²) < 4.78 is 11.1. The molecule has 1 unspecified atom stereocenters. The molecule has 0 spiro atoms. The van der Waals surface area contributed by atoms with Crippen LogP contribution in [0, 0.1) is 0 Å². The second kappa shape index (κ2) is 6.31. The molecule has 0 amide bonds. The lowest BCUT2D eigenvalue weighted by Crippen LogP contribution is -2.31. The van der Waals surface area contributed by atoms with Crippen LogP contribution in [0.5, 0.6) is 11.5 Å². The molecule has 1 aliphatic heterocycles. The van der Waals surface area contributed by atoms with Crippen LogP contribution in [0.15, 0.2) is 18.2 Å². The standard InChI is InChI=1S/C13H19NO3S/c1-14-6-11(15)9-3-4-12(13(5-9)16-2)17-10-7-18-8-10/h3-5,10-11,14-15H,6-8H2,1-2H3. The highest BCUT2D eigenvalue weighted by Crippen LogP contribution is 2.33. The van der Waals surface area contributed by atoms with E-state index in [0.29, 0.717) is 12.3 Å². The summed E-state index contributed by atoms with van der Waals surface area (Å²) in [5.41, 5.74) is 0.830. The first-order valence-electron chi connectivity index (χ1n) is 5.99. The minimum Gasteiger partial charge on any atom is -0.493 e. The summed E-state index contributed by atoms with van der Waals surface area (Å²) in [4.78, 5) is 0. The van der Waals surface area contributed by atoms with Gasteiger partial charge in [-0.05, 0) is 24.7 Å². The van der Waals surface area contributed by atoms with Gasteiger partial charge in [-0.1, -0.05) is 6.07 Å². The highest BCUT2D eigenvalue weighted by atomic mass is 32.2. The van der Waals surface area contributed by atoms with Gasteiger partial charge in [0.25, 0.3) is 0 Å². The minimum atomic E-state index is -0.530. The zero-order valence-corrected chi connectivity index (χ0v) is 11.5. The molecule has 0 bridgehead atoms. The Balaban J connectivity index is 2.11. The van der Waals surface area contributed by atoms with Crippen molar-refractivity contribution in [3.63, 3.8) is 0 Å². The lowest BCUT2D eigenvalue weighted by atomic mass is 10.1. The van der Waals surface area contributed by atoms with Crippen molar-refractivity contribution in [2.45, 2.75) is 12.2 Å². The third-order valence-corrected chi connectivity index (χ3v) is 4.09. The Labute approximate surface area is 112 Å². The molecule has 0 saturated carbocycles. The van der Waals surface area contributed by atoms with Crippen molar-refractivity contribution < 1.29 is 14.6 Å². The molecule has 5 heteroatoms. The predicted octanol–water partition coefficient (Wildman–Crippen LogP) is 1.44. The normalized spacial score (nSPS) is 17.1. The third kappa shape index (κ3) is 3.10. The van der Waals surface area contributed by atoms with Gasteiger partial charge in [0.15, 0.2) is 11.5 Å². The fraction of sp³-hybridized carbons (Fsp3) is 0.538. The summed E-state index contributed by atoms with van der Waals surface area (Å²) >= 11 is 1.88. The molecule has 4 nitrogen and oxygen atoms in total. The average Bonchev–Trinajstić information content (AvgIpc) is 2.34. The quantitative estimate of drug-likeness (QED) is 0.818. The van der Waals surface area contributed by atoms with Crippen molar-refractivity contribution in [1.82, 2.24) is 5.32 Å². The van der Waals surface area contributed by atoms with Crippen molar-refractivity contribution in [1.29, 1.82) is 0 Å². The van der Waals surface area contributed by atoms with Gasteiger partial charge >= 0.3 is 0 Å². The molecule has 0 radical (unpaired) electrons. The maximum Gasteiger partial charge on any atom is 0.161 e. The molecule has 1 aromatic rings. The number of rotatable bonds is 6. The number of benzene rings is 1. The first kappa shape index (κ1) is 13.5. The van der Waals surface area contributed by atoms with E-state index >= 15 is 0 Å². The second-order valence-electron chi connectivity index (χ2n) is 4.26. The Hall–Kier alpha value is -0.910. The van der Waals surface area contributed by atoms with E-state index in [1.807, 2.05) is 37.0 Å². The summed E-state index contributed by atoms with van der Waals surface area (Å²) in [5, 5.41) is 12.9. The molecule has 1 aliphatic rings. The van der Waals surface area contributed by atoms with Crippen molar-refractivity contribution in [2.24, 2.45) is 0 Å². The van der Waals surface area contributed by atoms with E-state index in [9.17, 15) is 5.11 Å².